The standard InChI is InChI=1S/C21H25N3O3S/c1-15(2)22-21(25)20-13-17-12-18(28(26,27)23(3)4)10-11-19(17)24(20)14-16-8-6-5-7-9-16/h5-13,15H,14H2,1-4H3,(H,22,25). The van der Waals surface area contributed by atoms with Gasteiger partial charge in [-0.05, 0) is 43.7 Å². The fraction of sp³-hybridized carbons (Fsp3) is 0.286. The van der Waals surface area contributed by atoms with E-state index in [1.807, 2.05) is 48.7 Å². The Morgan fingerprint density at radius 2 is 1.75 bits per heavy atom. The van der Waals surface area contributed by atoms with E-state index in [0.29, 0.717) is 17.6 Å². The van der Waals surface area contributed by atoms with Gasteiger partial charge < -0.3 is 9.88 Å². The molecule has 0 aliphatic carbocycles. The fourth-order valence-corrected chi connectivity index (χ4v) is 4.02. The lowest BCUT2D eigenvalue weighted by Crippen LogP contribution is -2.31. The van der Waals surface area contributed by atoms with Crippen molar-refractivity contribution in [2.45, 2.75) is 31.3 Å². The van der Waals surface area contributed by atoms with E-state index in [9.17, 15) is 13.2 Å². The summed E-state index contributed by atoms with van der Waals surface area (Å²) in [6, 6.07) is 16.6. The molecule has 0 aliphatic rings. The lowest BCUT2D eigenvalue weighted by molar-refractivity contribution is 0.0934. The molecule has 0 atom stereocenters. The average molecular weight is 400 g/mol. The lowest BCUT2D eigenvalue weighted by Gasteiger charge is -2.14. The molecular formula is C21H25N3O3S. The summed E-state index contributed by atoms with van der Waals surface area (Å²) in [4.78, 5) is 13.0. The van der Waals surface area contributed by atoms with E-state index in [-0.39, 0.29) is 16.8 Å². The second-order valence-electron chi connectivity index (χ2n) is 7.24. The third-order valence-corrected chi connectivity index (χ3v) is 6.30. The van der Waals surface area contributed by atoms with Gasteiger partial charge in [0, 0.05) is 37.6 Å². The van der Waals surface area contributed by atoms with Gasteiger partial charge >= 0.3 is 0 Å². The minimum atomic E-state index is -3.55. The maximum Gasteiger partial charge on any atom is 0.268 e. The molecule has 3 rings (SSSR count). The Morgan fingerprint density at radius 1 is 1.07 bits per heavy atom. The molecule has 0 bridgehead atoms. The van der Waals surface area contributed by atoms with Crippen LogP contribution < -0.4 is 5.32 Å². The molecule has 0 saturated heterocycles. The molecule has 6 nitrogen and oxygen atoms in total. The van der Waals surface area contributed by atoms with Gasteiger partial charge in [0.1, 0.15) is 5.69 Å². The van der Waals surface area contributed by atoms with Crippen LogP contribution in [-0.2, 0) is 16.6 Å². The summed E-state index contributed by atoms with van der Waals surface area (Å²) >= 11 is 0. The van der Waals surface area contributed by atoms with Crippen LogP contribution in [0.2, 0.25) is 0 Å². The highest BCUT2D eigenvalue weighted by Crippen LogP contribution is 2.26. The van der Waals surface area contributed by atoms with Gasteiger partial charge in [-0.3, -0.25) is 4.79 Å². The molecule has 1 heterocycles. The largest absolute Gasteiger partial charge is 0.349 e. The Hall–Kier alpha value is -2.64. The van der Waals surface area contributed by atoms with Gasteiger partial charge in [-0.2, -0.15) is 0 Å². The van der Waals surface area contributed by atoms with E-state index >= 15 is 0 Å². The summed E-state index contributed by atoms with van der Waals surface area (Å²) < 4.78 is 28.1. The second kappa shape index (κ2) is 7.77. The summed E-state index contributed by atoms with van der Waals surface area (Å²) in [7, 11) is -0.543. The van der Waals surface area contributed by atoms with Crippen molar-refractivity contribution in [3.63, 3.8) is 0 Å². The Balaban J connectivity index is 2.15. The molecule has 0 radical (unpaired) electrons. The molecule has 0 aliphatic heterocycles. The van der Waals surface area contributed by atoms with E-state index in [1.165, 1.54) is 18.4 Å². The van der Waals surface area contributed by atoms with E-state index in [2.05, 4.69) is 5.32 Å². The minimum Gasteiger partial charge on any atom is -0.349 e. The highest BCUT2D eigenvalue weighted by molar-refractivity contribution is 7.89. The number of carbonyl (C=O) groups excluding carboxylic acids is 1. The smallest absolute Gasteiger partial charge is 0.268 e. The number of aromatic nitrogens is 1. The number of nitrogens with zero attached hydrogens (tertiary/aromatic N) is 2. The summed E-state index contributed by atoms with van der Waals surface area (Å²) in [6.45, 7) is 4.33. The number of sulfonamides is 1. The molecule has 2 aromatic carbocycles. The van der Waals surface area contributed by atoms with Crippen LogP contribution in [0.25, 0.3) is 10.9 Å². The number of amides is 1. The van der Waals surface area contributed by atoms with Crippen molar-refractivity contribution in [3.05, 3.63) is 65.9 Å². The first-order valence-corrected chi connectivity index (χ1v) is 10.5. The Labute approximate surface area is 165 Å². The van der Waals surface area contributed by atoms with Crippen molar-refractivity contribution in [3.8, 4) is 0 Å². The Morgan fingerprint density at radius 3 is 2.36 bits per heavy atom. The minimum absolute atomic E-state index is 0.000340. The molecular weight excluding hydrogens is 374 g/mol. The van der Waals surface area contributed by atoms with Gasteiger partial charge in [0.2, 0.25) is 10.0 Å². The van der Waals surface area contributed by atoms with Crippen molar-refractivity contribution < 1.29 is 13.2 Å². The first-order valence-electron chi connectivity index (χ1n) is 9.11. The molecule has 0 spiro atoms. The van der Waals surface area contributed by atoms with Crippen LogP contribution in [0.4, 0.5) is 0 Å². The van der Waals surface area contributed by atoms with Crippen LogP contribution >= 0.6 is 0 Å². The van der Waals surface area contributed by atoms with Crippen molar-refractivity contribution in [1.82, 2.24) is 14.2 Å². The molecule has 148 valence electrons. The predicted octanol–water partition coefficient (Wildman–Crippen LogP) is 3.08. The van der Waals surface area contributed by atoms with E-state index in [4.69, 9.17) is 0 Å². The van der Waals surface area contributed by atoms with Crippen LogP contribution in [0.15, 0.2) is 59.5 Å². The zero-order valence-electron chi connectivity index (χ0n) is 16.5. The van der Waals surface area contributed by atoms with Gasteiger partial charge in [-0.1, -0.05) is 30.3 Å². The topological polar surface area (TPSA) is 71.4 Å². The number of benzene rings is 2. The molecule has 0 unspecified atom stereocenters. The number of carbonyl (C=O) groups is 1. The zero-order valence-corrected chi connectivity index (χ0v) is 17.3. The lowest BCUT2D eigenvalue weighted by atomic mass is 10.2. The Bertz CT molecular complexity index is 1100. The van der Waals surface area contributed by atoms with Crippen LogP contribution in [0.1, 0.15) is 29.9 Å². The highest BCUT2D eigenvalue weighted by atomic mass is 32.2. The monoisotopic (exact) mass is 399 g/mol. The van der Waals surface area contributed by atoms with Crippen LogP contribution in [-0.4, -0.2) is 43.3 Å². The van der Waals surface area contributed by atoms with Crippen molar-refractivity contribution in [2.75, 3.05) is 14.1 Å². The van der Waals surface area contributed by atoms with Gasteiger partial charge in [-0.15, -0.1) is 0 Å². The van der Waals surface area contributed by atoms with E-state index in [1.54, 1.807) is 24.3 Å². The maximum absolute atomic E-state index is 12.8. The molecule has 1 aromatic heterocycles. The van der Waals surface area contributed by atoms with Gasteiger partial charge in [0.25, 0.3) is 5.91 Å². The van der Waals surface area contributed by atoms with Crippen molar-refractivity contribution in [2.24, 2.45) is 0 Å². The van der Waals surface area contributed by atoms with Crippen LogP contribution in [0.3, 0.4) is 0 Å². The summed E-state index contributed by atoms with van der Waals surface area (Å²) in [6.07, 6.45) is 0. The van der Waals surface area contributed by atoms with E-state index < -0.39 is 10.0 Å². The quantitative estimate of drug-likeness (QED) is 0.692. The molecule has 28 heavy (non-hydrogen) atoms. The van der Waals surface area contributed by atoms with E-state index in [0.717, 1.165) is 11.1 Å². The summed E-state index contributed by atoms with van der Waals surface area (Å²) in [5.74, 6) is -0.181. The third kappa shape index (κ3) is 3.95. The average Bonchev–Trinajstić information content (AvgIpc) is 3.00. The van der Waals surface area contributed by atoms with Gasteiger partial charge in [-0.25, -0.2) is 12.7 Å². The maximum atomic E-state index is 12.8. The fourth-order valence-electron chi connectivity index (χ4n) is 3.08. The number of hydrogen-bond acceptors (Lipinski definition) is 3. The van der Waals surface area contributed by atoms with Crippen molar-refractivity contribution >= 4 is 26.8 Å². The molecule has 0 fully saturated rings. The molecule has 0 saturated carbocycles. The Kier molecular flexibility index (Phi) is 5.58. The summed E-state index contributed by atoms with van der Waals surface area (Å²) in [5, 5.41) is 3.64. The van der Waals surface area contributed by atoms with Gasteiger partial charge in [0.15, 0.2) is 0 Å². The third-order valence-electron chi connectivity index (χ3n) is 4.49. The second-order valence-corrected chi connectivity index (χ2v) is 9.39. The van der Waals surface area contributed by atoms with Crippen molar-refractivity contribution in [1.29, 1.82) is 0 Å². The van der Waals surface area contributed by atoms with Gasteiger partial charge in [0.05, 0.1) is 4.90 Å². The molecule has 3 aromatic rings. The first-order chi connectivity index (χ1) is 13.2. The number of hydrogen-bond donors (Lipinski definition) is 1. The normalized spacial score (nSPS) is 12.1. The number of nitrogens with one attached hydrogen (secondary N) is 1. The molecule has 1 N–H and O–H groups in total. The SMILES string of the molecule is CC(C)NC(=O)c1cc2cc(S(=O)(=O)N(C)C)ccc2n1Cc1ccccc1. The number of rotatable bonds is 6. The molecule has 7 heteroatoms. The first kappa shape index (κ1) is 20.1. The number of fused-ring (bicyclic) bond motifs is 1. The predicted molar refractivity (Wildman–Crippen MR) is 111 cm³/mol. The van der Waals surface area contributed by atoms with Crippen LogP contribution in [0.5, 0.6) is 0 Å². The highest BCUT2D eigenvalue weighted by Gasteiger charge is 2.21. The zero-order chi connectivity index (χ0) is 20.5. The summed E-state index contributed by atoms with van der Waals surface area (Å²) in [5.41, 5.74) is 2.38. The molecule has 1 amide bonds. The van der Waals surface area contributed by atoms with Crippen LogP contribution in [0, 0.1) is 0 Å².